The summed E-state index contributed by atoms with van der Waals surface area (Å²) in [6.45, 7) is 2.19. The highest BCUT2D eigenvalue weighted by atomic mass is 16.5. The van der Waals surface area contributed by atoms with Crippen molar-refractivity contribution in [3.8, 4) is 29.4 Å². The SMILES string of the molecule is N#Cc1ccc(CCCCC(=O)N2CCC(C#Cc3cccc4c3CN(C3CCC(=O)NC3=O)C4=O)CC2)c(Oc2ccc3c(c2)COB3)c1. The molecule has 3 aromatic carbocycles. The molecule has 10 nitrogen and oxygen atoms in total. The predicted molar refractivity (Wildman–Crippen MR) is 185 cm³/mol. The summed E-state index contributed by atoms with van der Waals surface area (Å²) in [6.07, 6.45) is 4.89. The number of aryl methyl sites for hydroxylation is 1. The van der Waals surface area contributed by atoms with Crippen molar-refractivity contribution < 1.29 is 28.6 Å². The summed E-state index contributed by atoms with van der Waals surface area (Å²) in [5.74, 6) is 7.42. The van der Waals surface area contributed by atoms with E-state index in [0.29, 0.717) is 69.2 Å². The fraction of sp³-hybridized carbons (Fsp3) is 0.359. The number of benzene rings is 3. The van der Waals surface area contributed by atoms with Crippen LogP contribution in [0.2, 0.25) is 0 Å². The van der Waals surface area contributed by atoms with Gasteiger partial charge >= 0.3 is 7.48 Å². The van der Waals surface area contributed by atoms with Crippen LogP contribution in [0.25, 0.3) is 0 Å². The van der Waals surface area contributed by atoms with E-state index in [4.69, 9.17) is 9.39 Å². The van der Waals surface area contributed by atoms with Crippen molar-refractivity contribution in [1.29, 1.82) is 5.26 Å². The van der Waals surface area contributed by atoms with Crippen molar-refractivity contribution in [2.24, 2.45) is 5.92 Å². The largest absolute Gasteiger partial charge is 0.457 e. The molecule has 2 fully saturated rings. The van der Waals surface area contributed by atoms with Crippen molar-refractivity contribution >= 4 is 36.6 Å². The topological polar surface area (TPSA) is 129 Å². The molecule has 1 N–H and O–H groups in total. The fourth-order valence-corrected chi connectivity index (χ4v) is 7.17. The summed E-state index contributed by atoms with van der Waals surface area (Å²) in [5.41, 5.74) is 5.98. The van der Waals surface area contributed by atoms with Gasteiger partial charge in [0.25, 0.3) is 5.91 Å². The first-order chi connectivity index (χ1) is 24.4. The number of carbonyl (C=O) groups excluding carboxylic acids is 4. The van der Waals surface area contributed by atoms with E-state index < -0.39 is 11.9 Å². The molecule has 1 atom stereocenters. The number of nitrogens with zero attached hydrogens (tertiary/aromatic N) is 3. The number of fused-ring (bicyclic) bond motifs is 2. The molecule has 2 saturated heterocycles. The summed E-state index contributed by atoms with van der Waals surface area (Å²) in [7, 11) is 0.617. The Kier molecular flexibility index (Phi) is 9.68. The molecule has 3 aromatic rings. The second-order valence-corrected chi connectivity index (χ2v) is 13.3. The summed E-state index contributed by atoms with van der Waals surface area (Å²) in [5, 5.41) is 11.8. The van der Waals surface area contributed by atoms with E-state index in [0.717, 1.165) is 54.4 Å². The Bertz CT molecular complexity index is 1970. The molecular weight excluding hydrogens is 631 g/mol. The Morgan fingerprint density at radius 3 is 2.72 bits per heavy atom. The van der Waals surface area contributed by atoms with Gasteiger partial charge in [0.1, 0.15) is 17.5 Å². The number of piperidine rings is 2. The van der Waals surface area contributed by atoms with Gasteiger partial charge in [0.2, 0.25) is 17.7 Å². The molecule has 0 bridgehead atoms. The summed E-state index contributed by atoms with van der Waals surface area (Å²) < 4.78 is 11.8. The van der Waals surface area contributed by atoms with Crippen LogP contribution in [0.4, 0.5) is 0 Å². The molecular formula is C39H37BN4O6. The number of ether oxygens (including phenoxy) is 1. The number of nitriles is 1. The van der Waals surface area contributed by atoms with Crippen molar-refractivity contribution in [2.45, 2.75) is 70.6 Å². The smallest absolute Gasteiger partial charge is 0.309 e. The molecule has 4 aliphatic rings. The Morgan fingerprint density at radius 2 is 1.90 bits per heavy atom. The molecule has 0 spiro atoms. The minimum absolute atomic E-state index is 0.145. The maximum Gasteiger partial charge on any atom is 0.309 e. The third-order valence-electron chi connectivity index (χ3n) is 10.0. The second kappa shape index (κ2) is 14.6. The molecule has 1 unspecified atom stereocenters. The van der Waals surface area contributed by atoms with E-state index in [2.05, 4.69) is 23.2 Å². The first kappa shape index (κ1) is 33.1. The lowest BCUT2D eigenvalue weighted by molar-refractivity contribution is -0.137. The number of likely N-dealkylation sites (tertiary alicyclic amines) is 1. The molecule has 7 rings (SSSR count). The maximum atomic E-state index is 13.1. The quantitative estimate of drug-likeness (QED) is 0.168. The van der Waals surface area contributed by atoms with Gasteiger partial charge in [-0.1, -0.05) is 30.0 Å². The standard InChI is InChI=1S/C39H37BN4O6/c41-22-26-9-11-28(35(20-26)50-30-12-13-33-29(21-30)24-49-40-33)4-1-2-7-37(46)43-18-16-25(17-19-43)8-10-27-5-3-6-31-32(27)23-44(39(31)48)34-14-15-36(45)42-38(34)47/h3,5-6,9,11-13,20-21,25,34,40H,1-2,4,7,14-19,23-24H2,(H,42,45,47). The molecule has 4 aliphatic heterocycles. The Balaban J connectivity index is 0.888. The van der Waals surface area contributed by atoms with Crippen LogP contribution < -0.4 is 15.5 Å². The normalized spacial score (nSPS) is 18.4. The van der Waals surface area contributed by atoms with Crippen molar-refractivity contribution in [1.82, 2.24) is 15.1 Å². The van der Waals surface area contributed by atoms with E-state index in [-0.39, 0.29) is 30.1 Å². The van der Waals surface area contributed by atoms with Crippen molar-refractivity contribution in [3.63, 3.8) is 0 Å². The number of imide groups is 1. The summed E-state index contributed by atoms with van der Waals surface area (Å²) >= 11 is 0. The van der Waals surface area contributed by atoms with Crippen molar-refractivity contribution in [3.05, 3.63) is 88.0 Å². The molecule has 50 heavy (non-hydrogen) atoms. The average molecular weight is 669 g/mol. The van der Waals surface area contributed by atoms with Crippen LogP contribution in [0.5, 0.6) is 11.5 Å². The van der Waals surface area contributed by atoms with Gasteiger partial charge in [-0.3, -0.25) is 24.5 Å². The van der Waals surface area contributed by atoms with E-state index in [1.165, 1.54) is 5.46 Å². The van der Waals surface area contributed by atoms with Crippen LogP contribution in [-0.2, 0) is 38.6 Å². The molecule has 252 valence electrons. The zero-order valence-electron chi connectivity index (χ0n) is 27.8. The van der Waals surface area contributed by atoms with Crippen LogP contribution in [0.1, 0.15) is 83.1 Å². The molecule has 0 aromatic heterocycles. The minimum Gasteiger partial charge on any atom is -0.457 e. The summed E-state index contributed by atoms with van der Waals surface area (Å²) in [6, 6.07) is 18.5. The van der Waals surface area contributed by atoms with Crippen LogP contribution >= 0.6 is 0 Å². The number of amides is 4. The highest BCUT2D eigenvalue weighted by molar-refractivity contribution is 6.48. The van der Waals surface area contributed by atoms with Gasteiger partial charge in [0.15, 0.2) is 0 Å². The number of unbranched alkanes of at least 4 members (excludes halogenated alkanes) is 1. The number of rotatable bonds is 8. The highest BCUT2D eigenvalue weighted by Gasteiger charge is 2.39. The van der Waals surface area contributed by atoms with E-state index in [1.807, 2.05) is 41.3 Å². The van der Waals surface area contributed by atoms with Gasteiger partial charge in [-0.05, 0) is 97.1 Å². The van der Waals surface area contributed by atoms with Gasteiger partial charge in [-0.15, -0.1) is 0 Å². The first-order valence-electron chi connectivity index (χ1n) is 17.3. The van der Waals surface area contributed by atoms with Gasteiger partial charge in [-0.25, -0.2) is 0 Å². The molecule has 0 aliphatic carbocycles. The lowest BCUT2D eigenvalue weighted by atomic mass is 9.87. The third-order valence-corrected chi connectivity index (χ3v) is 10.0. The van der Waals surface area contributed by atoms with Crippen LogP contribution in [0.15, 0.2) is 54.6 Å². The van der Waals surface area contributed by atoms with Gasteiger partial charge in [0, 0.05) is 49.5 Å². The fourth-order valence-electron chi connectivity index (χ4n) is 7.17. The zero-order chi connectivity index (χ0) is 34.6. The number of nitrogens with one attached hydrogen (secondary N) is 1. The van der Waals surface area contributed by atoms with Gasteiger partial charge in [-0.2, -0.15) is 5.26 Å². The number of carbonyl (C=O) groups is 4. The zero-order valence-corrected chi connectivity index (χ0v) is 27.8. The minimum atomic E-state index is -0.658. The Hall–Kier alpha value is -5.39. The lowest BCUT2D eigenvalue weighted by Crippen LogP contribution is -2.52. The van der Waals surface area contributed by atoms with Crippen molar-refractivity contribution in [2.75, 3.05) is 13.1 Å². The summed E-state index contributed by atoms with van der Waals surface area (Å²) in [4.78, 5) is 53.7. The third kappa shape index (κ3) is 7.15. The second-order valence-electron chi connectivity index (χ2n) is 13.3. The lowest BCUT2D eigenvalue weighted by Gasteiger charge is -2.30. The van der Waals surface area contributed by atoms with Crippen LogP contribution in [0.3, 0.4) is 0 Å². The van der Waals surface area contributed by atoms with E-state index >= 15 is 0 Å². The van der Waals surface area contributed by atoms with Gasteiger partial charge < -0.3 is 19.2 Å². The van der Waals surface area contributed by atoms with E-state index in [1.54, 1.807) is 23.1 Å². The number of hydrogen-bond donors (Lipinski definition) is 1. The van der Waals surface area contributed by atoms with Crippen LogP contribution in [-0.4, -0.2) is 60.0 Å². The predicted octanol–water partition coefficient (Wildman–Crippen LogP) is 3.62. The molecule has 4 heterocycles. The average Bonchev–Trinajstić information content (AvgIpc) is 3.74. The molecule has 4 amide bonds. The van der Waals surface area contributed by atoms with Crippen LogP contribution in [0, 0.1) is 29.1 Å². The molecule has 0 radical (unpaired) electrons. The monoisotopic (exact) mass is 668 g/mol. The molecule has 11 heteroatoms. The highest BCUT2D eigenvalue weighted by Crippen LogP contribution is 2.31. The van der Waals surface area contributed by atoms with Gasteiger partial charge in [0.05, 0.1) is 18.2 Å². The maximum absolute atomic E-state index is 13.1. The Labute approximate surface area is 292 Å². The van der Waals surface area contributed by atoms with E-state index in [9.17, 15) is 24.4 Å². The first-order valence-corrected chi connectivity index (χ1v) is 17.3. The Morgan fingerprint density at radius 1 is 1.04 bits per heavy atom. The number of hydrogen-bond acceptors (Lipinski definition) is 7. The molecule has 0 saturated carbocycles.